The van der Waals surface area contributed by atoms with Crippen molar-refractivity contribution in [3.05, 3.63) is 45.8 Å². The summed E-state index contributed by atoms with van der Waals surface area (Å²) in [7, 11) is 0. The molecule has 3 aromatic rings. The standard InChI is InChI=1S/C18H25N7S.HI/c1-4-14-13(3)26-17(22-14)9-10-20-18(19-5-2)21-12-16-24-23-15-8-6-7-11-25(15)16;/h6-8,11H,4-5,9-10,12H2,1-3H3,(H2,19,20,21);1H. The molecule has 0 spiro atoms. The van der Waals surface area contributed by atoms with E-state index in [2.05, 4.69) is 51.6 Å². The monoisotopic (exact) mass is 499 g/mol. The third kappa shape index (κ3) is 5.61. The van der Waals surface area contributed by atoms with E-state index in [-0.39, 0.29) is 24.0 Å². The van der Waals surface area contributed by atoms with Crippen molar-refractivity contribution in [1.29, 1.82) is 0 Å². The molecule has 3 rings (SSSR count). The summed E-state index contributed by atoms with van der Waals surface area (Å²) in [4.78, 5) is 10.6. The van der Waals surface area contributed by atoms with Crippen molar-refractivity contribution in [2.45, 2.75) is 40.2 Å². The number of guanidine groups is 1. The second-order valence-electron chi connectivity index (χ2n) is 5.88. The molecule has 0 atom stereocenters. The lowest BCUT2D eigenvalue weighted by Gasteiger charge is -2.10. The van der Waals surface area contributed by atoms with E-state index in [0.717, 1.165) is 43.4 Å². The summed E-state index contributed by atoms with van der Waals surface area (Å²) in [5.41, 5.74) is 2.05. The number of halogens is 1. The van der Waals surface area contributed by atoms with Crippen molar-refractivity contribution in [3.8, 4) is 0 Å². The zero-order chi connectivity index (χ0) is 18.4. The van der Waals surface area contributed by atoms with Gasteiger partial charge in [-0.15, -0.1) is 45.5 Å². The number of aliphatic imine (C=N–C) groups is 1. The van der Waals surface area contributed by atoms with Gasteiger partial charge in [0, 0.05) is 30.6 Å². The molecule has 0 aliphatic rings. The maximum absolute atomic E-state index is 4.69. The van der Waals surface area contributed by atoms with Crippen molar-refractivity contribution >= 4 is 46.9 Å². The molecule has 9 heteroatoms. The third-order valence-electron chi connectivity index (χ3n) is 4.01. The van der Waals surface area contributed by atoms with E-state index in [9.17, 15) is 0 Å². The summed E-state index contributed by atoms with van der Waals surface area (Å²) in [6.45, 7) is 8.42. The van der Waals surface area contributed by atoms with Gasteiger partial charge in [-0.25, -0.2) is 9.98 Å². The lowest BCUT2D eigenvalue weighted by Crippen LogP contribution is -2.38. The second kappa shape index (κ2) is 10.5. The highest BCUT2D eigenvalue weighted by atomic mass is 127. The molecular formula is C18H26IN7S. The SMILES string of the molecule is CCNC(=NCc1nnc2ccccn12)NCCc1nc(CC)c(C)s1.I. The Morgan fingerprint density at radius 3 is 2.81 bits per heavy atom. The quantitative estimate of drug-likeness (QED) is 0.297. The van der Waals surface area contributed by atoms with Crippen LogP contribution in [-0.2, 0) is 19.4 Å². The first-order valence-corrected chi connectivity index (χ1v) is 9.79. The smallest absolute Gasteiger partial charge is 0.191 e. The minimum absolute atomic E-state index is 0. The first-order chi connectivity index (χ1) is 12.7. The van der Waals surface area contributed by atoms with Gasteiger partial charge in [-0.1, -0.05) is 13.0 Å². The van der Waals surface area contributed by atoms with Crippen molar-refractivity contribution in [1.82, 2.24) is 30.2 Å². The number of pyridine rings is 1. The average molecular weight is 499 g/mol. The minimum Gasteiger partial charge on any atom is -0.357 e. The van der Waals surface area contributed by atoms with Gasteiger partial charge >= 0.3 is 0 Å². The lowest BCUT2D eigenvalue weighted by atomic mass is 10.3. The lowest BCUT2D eigenvalue weighted by molar-refractivity contribution is 0.783. The van der Waals surface area contributed by atoms with Gasteiger partial charge in [-0.05, 0) is 32.4 Å². The molecule has 0 saturated heterocycles. The Morgan fingerprint density at radius 1 is 1.22 bits per heavy atom. The predicted octanol–water partition coefficient (Wildman–Crippen LogP) is 2.97. The van der Waals surface area contributed by atoms with Crippen LogP contribution in [0.15, 0.2) is 29.4 Å². The number of hydrogen-bond acceptors (Lipinski definition) is 5. The summed E-state index contributed by atoms with van der Waals surface area (Å²) in [6.07, 6.45) is 3.84. The van der Waals surface area contributed by atoms with E-state index in [4.69, 9.17) is 0 Å². The normalized spacial score (nSPS) is 11.4. The molecule has 0 saturated carbocycles. The molecule has 0 aliphatic heterocycles. The average Bonchev–Trinajstić information content (AvgIpc) is 3.22. The molecule has 7 nitrogen and oxygen atoms in total. The number of aryl methyl sites for hydroxylation is 2. The van der Waals surface area contributed by atoms with Gasteiger partial charge in [0.1, 0.15) is 6.54 Å². The highest BCUT2D eigenvalue weighted by Crippen LogP contribution is 2.17. The van der Waals surface area contributed by atoms with Crippen LogP contribution in [0.2, 0.25) is 0 Å². The molecule has 0 aliphatic carbocycles. The van der Waals surface area contributed by atoms with Crippen molar-refractivity contribution in [3.63, 3.8) is 0 Å². The van der Waals surface area contributed by atoms with Gasteiger partial charge in [0.2, 0.25) is 0 Å². The first kappa shape index (κ1) is 21.5. The fourth-order valence-electron chi connectivity index (χ4n) is 2.70. The second-order valence-corrected chi connectivity index (χ2v) is 7.17. The summed E-state index contributed by atoms with van der Waals surface area (Å²) in [6, 6.07) is 5.85. The van der Waals surface area contributed by atoms with Crippen molar-refractivity contribution < 1.29 is 0 Å². The Kier molecular flexibility index (Phi) is 8.42. The third-order valence-corrected chi connectivity index (χ3v) is 5.08. The van der Waals surface area contributed by atoms with E-state index in [1.807, 2.05) is 28.8 Å². The number of hydrogen-bond donors (Lipinski definition) is 2. The summed E-state index contributed by atoms with van der Waals surface area (Å²) in [5.74, 6) is 1.60. The van der Waals surface area contributed by atoms with Gasteiger partial charge in [-0.2, -0.15) is 0 Å². The van der Waals surface area contributed by atoms with Crippen LogP contribution in [0.1, 0.15) is 35.3 Å². The highest BCUT2D eigenvalue weighted by molar-refractivity contribution is 14.0. The molecule has 3 aromatic heterocycles. The number of aromatic nitrogens is 4. The largest absolute Gasteiger partial charge is 0.357 e. The zero-order valence-corrected chi connectivity index (χ0v) is 19.0. The summed E-state index contributed by atoms with van der Waals surface area (Å²) in [5, 5.41) is 16.2. The Hall–Kier alpha value is -1.75. The fourth-order valence-corrected chi connectivity index (χ4v) is 3.72. The zero-order valence-electron chi connectivity index (χ0n) is 15.9. The van der Waals surface area contributed by atoms with E-state index in [0.29, 0.717) is 6.54 Å². The molecule has 0 bridgehead atoms. The Morgan fingerprint density at radius 2 is 2.07 bits per heavy atom. The first-order valence-electron chi connectivity index (χ1n) is 8.97. The van der Waals surface area contributed by atoms with Gasteiger partial charge < -0.3 is 10.6 Å². The van der Waals surface area contributed by atoms with Gasteiger partial charge in [0.15, 0.2) is 17.4 Å². The molecule has 0 aromatic carbocycles. The van der Waals surface area contributed by atoms with Crippen LogP contribution in [0.25, 0.3) is 5.65 Å². The molecular weight excluding hydrogens is 473 g/mol. The maximum Gasteiger partial charge on any atom is 0.191 e. The molecule has 0 radical (unpaired) electrons. The topological polar surface area (TPSA) is 79.5 Å². The van der Waals surface area contributed by atoms with Crippen LogP contribution >= 0.6 is 35.3 Å². The summed E-state index contributed by atoms with van der Waals surface area (Å²) >= 11 is 1.78. The van der Waals surface area contributed by atoms with E-state index < -0.39 is 0 Å². The maximum atomic E-state index is 4.69. The van der Waals surface area contributed by atoms with Gasteiger partial charge in [0.05, 0.1) is 10.7 Å². The van der Waals surface area contributed by atoms with Gasteiger partial charge in [0.25, 0.3) is 0 Å². The van der Waals surface area contributed by atoms with E-state index in [1.165, 1.54) is 15.6 Å². The van der Waals surface area contributed by atoms with Crippen LogP contribution in [-0.4, -0.2) is 38.6 Å². The molecule has 0 amide bonds. The van der Waals surface area contributed by atoms with Crippen LogP contribution in [0.5, 0.6) is 0 Å². The highest BCUT2D eigenvalue weighted by Gasteiger charge is 2.07. The molecule has 2 N–H and O–H groups in total. The van der Waals surface area contributed by atoms with E-state index in [1.54, 1.807) is 11.3 Å². The van der Waals surface area contributed by atoms with Crippen LogP contribution in [0, 0.1) is 6.92 Å². The van der Waals surface area contributed by atoms with Gasteiger partial charge in [-0.3, -0.25) is 4.40 Å². The summed E-state index contributed by atoms with van der Waals surface area (Å²) < 4.78 is 1.96. The molecule has 27 heavy (non-hydrogen) atoms. The van der Waals surface area contributed by atoms with Crippen molar-refractivity contribution in [2.75, 3.05) is 13.1 Å². The van der Waals surface area contributed by atoms with Crippen LogP contribution in [0.4, 0.5) is 0 Å². The number of fused-ring (bicyclic) bond motifs is 1. The predicted molar refractivity (Wildman–Crippen MR) is 121 cm³/mol. The molecule has 146 valence electrons. The Balaban J connectivity index is 0.00000261. The molecule has 0 fully saturated rings. The Labute approximate surface area is 180 Å². The fraction of sp³-hybridized carbons (Fsp3) is 0.444. The number of rotatable bonds is 7. The number of nitrogens with zero attached hydrogens (tertiary/aromatic N) is 5. The molecule has 3 heterocycles. The van der Waals surface area contributed by atoms with E-state index >= 15 is 0 Å². The van der Waals surface area contributed by atoms with Crippen molar-refractivity contribution in [2.24, 2.45) is 4.99 Å². The number of nitrogens with one attached hydrogen (secondary N) is 2. The van der Waals surface area contributed by atoms with Crippen LogP contribution in [0.3, 0.4) is 0 Å². The van der Waals surface area contributed by atoms with Crippen LogP contribution < -0.4 is 10.6 Å². The number of thiazole rings is 1. The molecule has 0 unspecified atom stereocenters. The minimum atomic E-state index is 0. The Bertz CT molecular complexity index is 887.